The van der Waals surface area contributed by atoms with Crippen LogP contribution in [0.3, 0.4) is 0 Å². The summed E-state index contributed by atoms with van der Waals surface area (Å²) < 4.78 is 9.74. The van der Waals surface area contributed by atoms with E-state index >= 15 is 0 Å². The van der Waals surface area contributed by atoms with Crippen molar-refractivity contribution in [3.8, 4) is 39.6 Å². The summed E-state index contributed by atoms with van der Waals surface area (Å²) in [7, 11) is 0. The minimum Gasteiger partial charge on any atom is -0.457 e. The molecule has 0 N–H and O–H groups in total. The van der Waals surface area contributed by atoms with E-state index in [0.717, 1.165) is 56.4 Å². The van der Waals surface area contributed by atoms with E-state index in [9.17, 15) is 0 Å². The first-order valence-electron chi connectivity index (χ1n) is 30.6. The lowest BCUT2D eigenvalue weighted by atomic mass is 9.77. The van der Waals surface area contributed by atoms with Gasteiger partial charge in [0.25, 0.3) is 0 Å². The first-order chi connectivity index (χ1) is 40.5. The Balaban J connectivity index is 1.04. The maximum atomic E-state index is 7.40. The van der Waals surface area contributed by atoms with Crippen molar-refractivity contribution < 1.29 is 4.74 Å². The highest BCUT2D eigenvalue weighted by atomic mass is 16.5. The first kappa shape index (κ1) is 56.8. The fourth-order valence-electron chi connectivity index (χ4n) is 12.8. The van der Waals surface area contributed by atoms with Crippen LogP contribution in [-0.4, -0.2) is 16.2 Å². The fourth-order valence-corrected chi connectivity index (χ4v) is 12.8. The molecule has 1 aliphatic rings. The summed E-state index contributed by atoms with van der Waals surface area (Å²) in [4.78, 5) is 10.1. The quantitative estimate of drug-likeness (QED) is 0.115. The molecule has 0 saturated carbocycles. The Bertz CT molecular complexity index is 4240. The molecule has 11 aromatic rings. The summed E-state index contributed by atoms with van der Waals surface area (Å²) in [6.07, 6.45) is 1.96. The predicted molar refractivity (Wildman–Crippen MR) is 361 cm³/mol. The molecule has 0 aliphatic carbocycles. The molecule has 5 nitrogen and oxygen atoms in total. The van der Waals surface area contributed by atoms with Crippen LogP contribution >= 0.6 is 0 Å². The molecule has 0 atom stereocenters. The van der Waals surface area contributed by atoms with Crippen molar-refractivity contribution in [3.05, 3.63) is 263 Å². The summed E-state index contributed by atoms with van der Waals surface area (Å²) in [6, 6.07) is 78.8. The molecular weight excluding hydrogens is 1030 g/mol. The number of hydrogen-bond donors (Lipinski definition) is 0. The molecule has 12 rings (SSSR count). The maximum absolute atomic E-state index is 7.40. The van der Waals surface area contributed by atoms with Gasteiger partial charge >= 0.3 is 0 Å². The zero-order chi connectivity index (χ0) is 59.7. The molecule has 0 unspecified atom stereocenters. The predicted octanol–water partition coefficient (Wildman–Crippen LogP) is 22.0. The van der Waals surface area contributed by atoms with E-state index in [0.29, 0.717) is 18.5 Å². The van der Waals surface area contributed by atoms with E-state index in [1.54, 1.807) is 0 Å². The average molecular weight is 1120 g/mol. The zero-order valence-electron chi connectivity index (χ0n) is 52.3. The summed E-state index contributed by atoms with van der Waals surface area (Å²) in [5, 5.41) is 2.33. The van der Waals surface area contributed by atoms with Gasteiger partial charge in [-0.25, -0.2) is 4.98 Å². The van der Waals surface area contributed by atoms with E-state index in [-0.39, 0.29) is 21.7 Å². The van der Waals surface area contributed by atoms with Crippen molar-refractivity contribution in [2.45, 2.75) is 130 Å². The molecular formula is C80H82N4O. The van der Waals surface area contributed by atoms with Gasteiger partial charge < -0.3 is 14.5 Å². The number of pyridine rings is 1. The molecule has 428 valence electrons. The van der Waals surface area contributed by atoms with Crippen molar-refractivity contribution in [1.29, 1.82) is 0 Å². The Morgan fingerprint density at radius 1 is 0.388 bits per heavy atom. The topological polar surface area (TPSA) is 33.5 Å². The van der Waals surface area contributed by atoms with E-state index in [2.05, 4.69) is 324 Å². The highest BCUT2D eigenvalue weighted by molar-refractivity contribution is 6.10. The van der Waals surface area contributed by atoms with Crippen molar-refractivity contribution in [2.24, 2.45) is 0 Å². The number of fused-ring (bicyclic) bond motifs is 4. The molecule has 3 heterocycles. The van der Waals surface area contributed by atoms with Gasteiger partial charge in [-0.2, -0.15) is 0 Å². The second-order valence-corrected chi connectivity index (χ2v) is 27.4. The second kappa shape index (κ2) is 21.8. The molecule has 9 aromatic carbocycles. The summed E-state index contributed by atoms with van der Waals surface area (Å²) in [5.74, 6) is 2.99. The minimum absolute atomic E-state index is 0.0693. The molecule has 2 aromatic heterocycles. The van der Waals surface area contributed by atoms with Crippen LogP contribution in [0.25, 0.3) is 49.9 Å². The number of ether oxygens (including phenoxy) is 1. The molecule has 0 spiro atoms. The third-order valence-corrected chi connectivity index (χ3v) is 18.2. The normalized spacial score (nSPS) is 13.2. The van der Waals surface area contributed by atoms with Crippen LogP contribution in [0.2, 0.25) is 0 Å². The van der Waals surface area contributed by atoms with E-state index in [4.69, 9.17) is 9.72 Å². The number of nitrogens with zero attached hydrogens (tertiary/aromatic N) is 4. The second-order valence-electron chi connectivity index (χ2n) is 27.4. The van der Waals surface area contributed by atoms with E-state index < -0.39 is 0 Å². The third kappa shape index (κ3) is 10.7. The fraction of sp³-hybridized carbons (Fsp3) is 0.263. The van der Waals surface area contributed by atoms with Gasteiger partial charge in [0.15, 0.2) is 0 Å². The molecule has 0 bridgehead atoms. The van der Waals surface area contributed by atoms with E-state index in [1.807, 2.05) is 6.20 Å². The number of hydrogen-bond acceptors (Lipinski definition) is 4. The third-order valence-electron chi connectivity index (χ3n) is 18.2. The molecule has 0 amide bonds. The average Bonchev–Trinajstić information content (AvgIpc) is 2.19. The van der Waals surface area contributed by atoms with Crippen LogP contribution in [0.15, 0.2) is 219 Å². The molecule has 1 aliphatic heterocycles. The van der Waals surface area contributed by atoms with Gasteiger partial charge in [0, 0.05) is 51.3 Å². The Hall–Kier alpha value is -8.67. The lowest BCUT2D eigenvalue weighted by Gasteiger charge is -2.30. The highest BCUT2D eigenvalue weighted by Crippen LogP contribution is 2.51. The van der Waals surface area contributed by atoms with Gasteiger partial charge in [-0.3, -0.25) is 4.57 Å². The van der Waals surface area contributed by atoms with Crippen LogP contribution in [0.4, 0.5) is 22.7 Å². The van der Waals surface area contributed by atoms with Crippen LogP contribution in [0.5, 0.6) is 11.5 Å². The van der Waals surface area contributed by atoms with Gasteiger partial charge in [-0.05, 0) is 162 Å². The summed E-state index contributed by atoms with van der Waals surface area (Å²) in [5.41, 5.74) is 21.1. The Morgan fingerprint density at radius 3 is 1.60 bits per heavy atom. The molecule has 0 saturated heterocycles. The molecule has 85 heavy (non-hydrogen) atoms. The largest absolute Gasteiger partial charge is 0.457 e. The molecule has 0 fully saturated rings. The van der Waals surface area contributed by atoms with Crippen LogP contribution in [-0.2, 0) is 21.7 Å². The number of aromatic nitrogens is 2. The Morgan fingerprint density at radius 2 is 0.965 bits per heavy atom. The van der Waals surface area contributed by atoms with Crippen LogP contribution < -0.4 is 14.5 Å². The van der Waals surface area contributed by atoms with Crippen LogP contribution in [0.1, 0.15) is 153 Å². The van der Waals surface area contributed by atoms with Gasteiger partial charge in [-0.1, -0.05) is 224 Å². The van der Waals surface area contributed by atoms with Crippen molar-refractivity contribution in [1.82, 2.24) is 9.55 Å². The molecule has 5 heteroatoms. The monoisotopic (exact) mass is 1110 g/mol. The van der Waals surface area contributed by atoms with Gasteiger partial charge in [0.2, 0.25) is 0 Å². The summed E-state index contributed by atoms with van der Waals surface area (Å²) >= 11 is 0. The Kier molecular flexibility index (Phi) is 14.5. The smallest absolute Gasteiger partial charge is 0.137 e. The first-order valence-corrected chi connectivity index (χ1v) is 30.6. The molecule has 0 radical (unpaired) electrons. The minimum atomic E-state index is -0.276. The lowest BCUT2D eigenvalue weighted by molar-refractivity contribution is 0.483. The SMILES string of the molecule is CC(C)c1cccc(C(C)C)c1-c1cc(Oc2ccc3c4cc(C(C)(C)c5ccccc5)ccc4n(-c4cc(C(C)(C)C)ccn4)c3c2)cc(N2CN(c3cc(-c4ccccc4)cc(C(C)(C)c4ccccc4)c3)c3cc(C(C)(C)C)ccc32)c1. The van der Waals surface area contributed by atoms with E-state index in [1.165, 1.54) is 72.3 Å². The van der Waals surface area contributed by atoms with Gasteiger partial charge in [-0.15, -0.1) is 0 Å². The van der Waals surface area contributed by atoms with Gasteiger partial charge in [0.1, 0.15) is 24.0 Å². The zero-order valence-corrected chi connectivity index (χ0v) is 52.3. The van der Waals surface area contributed by atoms with Crippen molar-refractivity contribution in [2.75, 3.05) is 16.5 Å². The standard InChI is InChI=1S/C80H82N4O/c1-52(2)67-31-24-32-68(53(3)4)76(67)56-43-64(82-51-83(74-47-59(77(5,6)7)33-38-72(74)82)63-42-55(54-25-18-15-19-26-54)41-62(45-63)80(13,14)58-29-22-17-23-30-58)49-66(44-56)85-65-35-36-69-70-46-61(79(11,12)57-27-20-16-21-28-57)34-37-71(70)84(73(69)50-65)75-48-60(39-40-81-75)78(8,9)10/h15-50,52-53H,51H2,1-14H3. The van der Waals surface area contributed by atoms with Crippen molar-refractivity contribution in [3.63, 3.8) is 0 Å². The number of rotatable bonds is 13. The Labute approximate surface area is 505 Å². The van der Waals surface area contributed by atoms with Crippen molar-refractivity contribution >= 4 is 44.6 Å². The summed E-state index contributed by atoms with van der Waals surface area (Å²) in [6.45, 7) is 32.9. The van der Waals surface area contributed by atoms with Gasteiger partial charge in [0.05, 0.1) is 22.4 Å². The lowest BCUT2D eigenvalue weighted by Crippen LogP contribution is -2.25. The number of benzene rings is 9. The maximum Gasteiger partial charge on any atom is 0.137 e. The van der Waals surface area contributed by atoms with Crippen LogP contribution in [0, 0.1) is 0 Å². The highest BCUT2D eigenvalue weighted by Gasteiger charge is 2.34. The number of anilines is 4.